The molecule has 2 rings (SSSR count). The normalized spacial score (nSPS) is 12.6. The number of rotatable bonds is 4. The predicted molar refractivity (Wildman–Crippen MR) is 63.9 cm³/mol. The van der Waals surface area contributed by atoms with E-state index in [2.05, 4.69) is 0 Å². The van der Waals surface area contributed by atoms with Crippen molar-refractivity contribution in [1.82, 2.24) is 4.90 Å². The van der Waals surface area contributed by atoms with E-state index in [0.29, 0.717) is 13.0 Å². The molecule has 1 aliphatic heterocycles. The number of hydrogen-bond acceptors (Lipinski definition) is 3. The van der Waals surface area contributed by atoms with Gasteiger partial charge in [0, 0.05) is 19.5 Å². The SMILES string of the molecule is CCC(=O)N(CC)Cc1ccc2c(c1)OCO2. The molecule has 4 heteroatoms. The molecular weight excluding hydrogens is 218 g/mol. The number of carbonyl (C=O) groups is 1. The summed E-state index contributed by atoms with van der Waals surface area (Å²) in [5.41, 5.74) is 1.07. The summed E-state index contributed by atoms with van der Waals surface area (Å²) < 4.78 is 10.6. The summed E-state index contributed by atoms with van der Waals surface area (Å²) >= 11 is 0. The van der Waals surface area contributed by atoms with Gasteiger partial charge < -0.3 is 14.4 Å². The fourth-order valence-corrected chi connectivity index (χ4v) is 1.86. The molecule has 0 saturated carbocycles. The Balaban J connectivity index is 2.10. The van der Waals surface area contributed by atoms with Crippen molar-refractivity contribution >= 4 is 5.91 Å². The van der Waals surface area contributed by atoms with Crippen LogP contribution in [0.4, 0.5) is 0 Å². The Morgan fingerprint density at radius 3 is 2.76 bits per heavy atom. The van der Waals surface area contributed by atoms with Gasteiger partial charge in [-0.15, -0.1) is 0 Å². The van der Waals surface area contributed by atoms with Crippen LogP contribution in [0.15, 0.2) is 18.2 Å². The first-order valence-corrected chi connectivity index (χ1v) is 5.91. The lowest BCUT2D eigenvalue weighted by atomic mass is 10.2. The third kappa shape index (κ3) is 2.52. The van der Waals surface area contributed by atoms with E-state index in [4.69, 9.17) is 9.47 Å². The van der Waals surface area contributed by atoms with Crippen LogP contribution in [-0.4, -0.2) is 24.1 Å². The third-order valence-corrected chi connectivity index (χ3v) is 2.85. The molecule has 0 fully saturated rings. The van der Waals surface area contributed by atoms with Crippen LogP contribution < -0.4 is 9.47 Å². The highest BCUT2D eigenvalue weighted by molar-refractivity contribution is 5.75. The van der Waals surface area contributed by atoms with Gasteiger partial charge in [0.15, 0.2) is 11.5 Å². The van der Waals surface area contributed by atoms with Gasteiger partial charge in [-0.25, -0.2) is 0 Å². The molecule has 1 aromatic carbocycles. The summed E-state index contributed by atoms with van der Waals surface area (Å²) in [7, 11) is 0. The Labute approximate surface area is 101 Å². The van der Waals surface area contributed by atoms with E-state index in [-0.39, 0.29) is 12.7 Å². The van der Waals surface area contributed by atoms with Crippen molar-refractivity contribution in [2.75, 3.05) is 13.3 Å². The summed E-state index contributed by atoms with van der Waals surface area (Å²) in [5, 5.41) is 0. The van der Waals surface area contributed by atoms with Crippen molar-refractivity contribution in [3.05, 3.63) is 23.8 Å². The molecule has 0 N–H and O–H groups in total. The smallest absolute Gasteiger partial charge is 0.231 e. The predicted octanol–water partition coefficient (Wildman–Crippen LogP) is 2.17. The Kier molecular flexibility index (Phi) is 3.52. The van der Waals surface area contributed by atoms with Crippen LogP contribution in [0.1, 0.15) is 25.8 Å². The second-order valence-electron chi connectivity index (χ2n) is 3.95. The van der Waals surface area contributed by atoms with Gasteiger partial charge in [-0.1, -0.05) is 13.0 Å². The zero-order valence-corrected chi connectivity index (χ0v) is 10.2. The van der Waals surface area contributed by atoms with Crippen molar-refractivity contribution in [2.45, 2.75) is 26.8 Å². The molecule has 17 heavy (non-hydrogen) atoms. The lowest BCUT2D eigenvalue weighted by Gasteiger charge is -2.20. The van der Waals surface area contributed by atoms with Crippen molar-refractivity contribution in [2.24, 2.45) is 0 Å². The van der Waals surface area contributed by atoms with Crippen LogP contribution in [0.2, 0.25) is 0 Å². The molecule has 0 bridgehead atoms. The highest BCUT2D eigenvalue weighted by Crippen LogP contribution is 2.32. The molecule has 92 valence electrons. The Morgan fingerprint density at radius 1 is 1.29 bits per heavy atom. The van der Waals surface area contributed by atoms with Crippen LogP contribution in [0.5, 0.6) is 11.5 Å². The first kappa shape index (κ1) is 11.8. The topological polar surface area (TPSA) is 38.8 Å². The third-order valence-electron chi connectivity index (χ3n) is 2.85. The number of hydrogen-bond donors (Lipinski definition) is 0. The van der Waals surface area contributed by atoms with Crippen LogP contribution in [-0.2, 0) is 11.3 Å². The molecule has 0 aromatic heterocycles. The molecule has 1 heterocycles. The molecule has 1 amide bonds. The molecule has 0 atom stereocenters. The number of nitrogens with zero attached hydrogens (tertiary/aromatic N) is 1. The minimum Gasteiger partial charge on any atom is -0.454 e. The zero-order valence-electron chi connectivity index (χ0n) is 10.2. The summed E-state index contributed by atoms with van der Waals surface area (Å²) in [5.74, 6) is 1.71. The number of amides is 1. The van der Waals surface area contributed by atoms with Gasteiger partial charge in [-0.2, -0.15) is 0 Å². The average Bonchev–Trinajstić information content (AvgIpc) is 2.82. The zero-order chi connectivity index (χ0) is 12.3. The molecule has 0 saturated heterocycles. The summed E-state index contributed by atoms with van der Waals surface area (Å²) in [6.45, 7) is 5.50. The van der Waals surface area contributed by atoms with Gasteiger partial charge in [0.25, 0.3) is 0 Å². The summed E-state index contributed by atoms with van der Waals surface area (Å²) in [4.78, 5) is 13.5. The first-order chi connectivity index (χ1) is 8.24. The van der Waals surface area contributed by atoms with Gasteiger partial charge in [0.05, 0.1) is 0 Å². The van der Waals surface area contributed by atoms with Crippen molar-refractivity contribution < 1.29 is 14.3 Å². The molecule has 0 aliphatic carbocycles. The number of benzene rings is 1. The minimum absolute atomic E-state index is 0.171. The number of ether oxygens (including phenoxy) is 2. The van der Waals surface area contributed by atoms with E-state index in [1.807, 2.05) is 36.9 Å². The maximum absolute atomic E-state index is 11.7. The average molecular weight is 235 g/mol. The molecule has 1 aliphatic rings. The summed E-state index contributed by atoms with van der Waals surface area (Å²) in [6, 6.07) is 5.80. The van der Waals surface area contributed by atoms with Gasteiger partial charge in [0.2, 0.25) is 12.7 Å². The monoisotopic (exact) mass is 235 g/mol. The Bertz CT molecular complexity index is 417. The second kappa shape index (κ2) is 5.08. The van der Waals surface area contributed by atoms with Crippen molar-refractivity contribution in [3.8, 4) is 11.5 Å². The molecule has 4 nitrogen and oxygen atoms in total. The lowest BCUT2D eigenvalue weighted by Crippen LogP contribution is -2.29. The maximum atomic E-state index is 11.7. The van der Waals surface area contributed by atoms with E-state index in [1.54, 1.807) is 0 Å². The first-order valence-electron chi connectivity index (χ1n) is 5.91. The van der Waals surface area contributed by atoms with Gasteiger partial charge in [-0.05, 0) is 24.6 Å². The fraction of sp³-hybridized carbons (Fsp3) is 0.462. The molecule has 0 radical (unpaired) electrons. The number of fused-ring (bicyclic) bond motifs is 1. The largest absolute Gasteiger partial charge is 0.454 e. The summed E-state index contributed by atoms with van der Waals surface area (Å²) in [6.07, 6.45) is 0.540. The van der Waals surface area contributed by atoms with Crippen LogP contribution >= 0.6 is 0 Å². The van der Waals surface area contributed by atoms with E-state index in [0.717, 1.165) is 23.6 Å². The molecule has 0 spiro atoms. The quantitative estimate of drug-likeness (QED) is 0.802. The highest BCUT2D eigenvalue weighted by atomic mass is 16.7. The van der Waals surface area contributed by atoms with Crippen molar-refractivity contribution in [1.29, 1.82) is 0 Å². The van der Waals surface area contributed by atoms with Crippen LogP contribution in [0, 0.1) is 0 Å². The van der Waals surface area contributed by atoms with E-state index >= 15 is 0 Å². The van der Waals surface area contributed by atoms with Gasteiger partial charge in [0.1, 0.15) is 0 Å². The van der Waals surface area contributed by atoms with E-state index < -0.39 is 0 Å². The molecule has 1 aromatic rings. The number of carbonyl (C=O) groups excluding carboxylic acids is 1. The van der Waals surface area contributed by atoms with E-state index in [9.17, 15) is 4.79 Å². The van der Waals surface area contributed by atoms with Gasteiger partial charge in [-0.3, -0.25) is 4.79 Å². The van der Waals surface area contributed by atoms with Crippen LogP contribution in [0.25, 0.3) is 0 Å². The lowest BCUT2D eigenvalue weighted by molar-refractivity contribution is -0.131. The van der Waals surface area contributed by atoms with Crippen LogP contribution in [0.3, 0.4) is 0 Å². The second-order valence-corrected chi connectivity index (χ2v) is 3.95. The minimum atomic E-state index is 0.171. The molecule has 0 unspecified atom stereocenters. The Hall–Kier alpha value is -1.71. The fourth-order valence-electron chi connectivity index (χ4n) is 1.86. The van der Waals surface area contributed by atoms with E-state index in [1.165, 1.54) is 0 Å². The highest BCUT2D eigenvalue weighted by Gasteiger charge is 2.15. The van der Waals surface area contributed by atoms with Gasteiger partial charge >= 0.3 is 0 Å². The Morgan fingerprint density at radius 2 is 2.06 bits per heavy atom. The van der Waals surface area contributed by atoms with Crippen molar-refractivity contribution in [3.63, 3.8) is 0 Å². The molecular formula is C13H17NO3. The standard InChI is InChI=1S/C13H17NO3/c1-3-13(15)14(4-2)8-10-5-6-11-12(7-10)17-9-16-11/h5-7H,3-4,8-9H2,1-2H3. The maximum Gasteiger partial charge on any atom is 0.231 e.